The maximum Gasteiger partial charge on any atom is 1.00 e. The van der Waals surface area contributed by atoms with Crippen LogP contribution in [0.4, 0.5) is 23.0 Å². The summed E-state index contributed by atoms with van der Waals surface area (Å²) in [5.74, 6) is -1.48. The molecule has 0 aliphatic carbocycles. The molecule has 0 unspecified atom stereocenters. The number of halogens is 4. The van der Waals surface area contributed by atoms with Crippen molar-refractivity contribution in [2.45, 2.75) is 0 Å². The van der Waals surface area contributed by atoms with Gasteiger partial charge in [-0.25, -0.2) is 0 Å². The Hall–Kier alpha value is 0.0413. The van der Waals surface area contributed by atoms with Crippen molar-refractivity contribution in [1.29, 1.82) is 0 Å². The van der Waals surface area contributed by atoms with Gasteiger partial charge in [0.15, 0.2) is 5.82 Å². The molecular formula is C6H3BF4KNO2. The van der Waals surface area contributed by atoms with E-state index in [1.807, 2.05) is 0 Å². The predicted molar refractivity (Wildman–Crippen MR) is 41.8 cm³/mol. The first-order valence-electron chi connectivity index (χ1n) is 3.46. The van der Waals surface area contributed by atoms with Crippen LogP contribution in [0.1, 0.15) is 0 Å². The first kappa shape index (κ1) is 15.0. The van der Waals surface area contributed by atoms with Gasteiger partial charge in [0.2, 0.25) is 0 Å². The van der Waals surface area contributed by atoms with Crippen LogP contribution in [0.2, 0.25) is 0 Å². The molecule has 0 saturated carbocycles. The SMILES string of the molecule is O=[N+]([O-])c1ccc([B-](F)(F)F)cc1F.[K+]. The Bertz CT molecular complexity index is 384. The monoisotopic (exact) mass is 247 g/mol. The summed E-state index contributed by atoms with van der Waals surface area (Å²) in [6.45, 7) is -5.32. The largest absolute Gasteiger partial charge is 1.00 e. The second-order valence-electron chi connectivity index (χ2n) is 2.54. The summed E-state index contributed by atoms with van der Waals surface area (Å²) >= 11 is 0. The second-order valence-corrected chi connectivity index (χ2v) is 2.54. The van der Waals surface area contributed by atoms with Crippen molar-refractivity contribution in [2.75, 3.05) is 0 Å². The minimum atomic E-state index is -5.32. The van der Waals surface area contributed by atoms with Gasteiger partial charge in [-0.05, 0) is 6.07 Å². The number of nitro groups is 1. The van der Waals surface area contributed by atoms with Crippen molar-refractivity contribution in [1.82, 2.24) is 0 Å². The van der Waals surface area contributed by atoms with Gasteiger partial charge >= 0.3 is 64.0 Å². The Morgan fingerprint density at radius 2 is 1.80 bits per heavy atom. The van der Waals surface area contributed by atoms with Crippen LogP contribution < -0.4 is 56.8 Å². The molecule has 0 atom stereocenters. The van der Waals surface area contributed by atoms with E-state index in [4.69, 9.17) is 0 Å². The fraction of sp³-hybridized carbons (Fsp3) is 0. The van der Waals surface area contributed by atoms with Gasteiger partial charge in [0.25, 0.3) is 0 Å². The van der Waals surface area contributed by atoms with E-state index in [-0.39, 0.29) is 57.5 Å². The molecule has 1 aromatic carbocycles. The third kappa shape index (κ3) is 3.83. The summed E-state index contributed by atoms with van der Waals surface area (Å²) in [6.07, 6.45) is 0. The van der Waals surface area contributed by atoms with Crippen LogP contribution in [-0.2, 0) is 0 Å². The van der Waals surface area contributed by atoms with E-state index in [0.29, 0.717) is 12.1 Å². The summed E-state index contributed by atoms with van der Waals surface area (Å²) in [6, 6.07) is 1.11. The zero-order valence-corrected chi connectivity index (χ0v) is 10.7. The average molecular weight is 247 g/mol. The number of hydrogen-bond donors (Lipinski definition) is 0. The Morgan fingerprint density at radius 3 is 2.13 bits per heavy atom. The first-order valence-corrected chi connectivity index (χ1v) is 3.46. The molecule has 0 amide bonds. The van der Waals surface area contributed by atoms with Gasteiger partial charge in [-0.15, -0.1) is 5.46 Å². The van der Waals surface area contributed by atoms with Gasteiger partial charge in [-0.1, -0.05) is 6.07 Å². The van der Waals surface area contributed by atoms with E-state index in [9.17, 15) is 27.5 Å². The van der Waals surface area contributed by atoms with Gasteiger partial charge in [-0.2, -0.15) is 4.39 Å². The third-order valence-electron chi connectivity index (χ3n) is 1.55. The number of rotatable bonds is 2. The van der Waals surface area contributed by atoms with Crippen molar-refractivity contribution in [3.8, 4) is 0 Å². The molecule has 0 bridgehead atoms. The molecule has 76 valence electrons. The molecule has 0 fully saturated rings. The third-order valence-corrected chi connectivity index (χ3v) is 1.55. The van der Waals surface area contributed by atoms with Crippen LogP contribution in [-0.4, -0.2) is 11.9 Å². The molecule has 0 heterocycles. The zero-order chi connectivity index (χ0) is 10.9. The molecule has 0 aliphatic heterocycles. The van der Waals surface area contributed by atoms with E-state index >= 15 is 0 Å². The zero-order valence-electron chi connectivity index (χ0n) is 7.58. The van der Waals surface area contributed by atoms with Crippen LogP contribution >= 0.6 is 0 Å². The number of benzene rings is 1. The van der Waals surface area contributed by atoms with Crippen LogP contribution in [0.15, 0.2) is 18.2 Å². The summed E-state index contributed by atoms with van der Waals surface area (Å²) in [5, 5.41) is 10.1. The molecule has 0 aliphatic rings. The van der Waals surface area contributed by atoms with E-state index in [2.05, 4.69) is 0 Å². The summed E-state index contributed by atoms with van der Waals surface area (Å²) in [7, 11) is 0. The molecule has 15 heavy (non-hydrogen) atoms. The van der Waals surface area contributed by atoms with Crippen molar-refractivity contribution >= 4 is 18.1 Å². The van der Waals surface area contributed by atoms with Crippen molar-refractivity contribution in [2.24, 2.45) is 0 Å². The fourth-order valence-corrected chi connectivity index (χ4v) is 0.875. The van der Waals surface area contributed by atoms with E-state index in [1.165, 1.54) is 0 Å². The van der Waals surface area contributed by atoms with Crippen LogP contribution in [0, 0.1) is 15.9 Å². The van der Waals surface area contributed by atoms with Crippen molar-refractivity contribution in [3.63, 3.8) is 0 Å². The van der Waals surface area contributed by atoms with Gasteiger partial charge in [0, 0.05) is 6.07 Å². The van der Waals surface area contributed by atoms with Gasteiger partial charge < -0.3 is 12.9 Å². The first-order chi connectivity index (χ1) is 6.32. The van der Waals surface area contributed by atoms with Crippen molar-refractivity contribution < 1.29 is 73.6 Å². The van der Waals surface area contributed by atoms with E-state index < -0.39 is 28.9 Å². The van der Waals surface area contributed by atoms with Gasteiger partial charge in [-0.3, -0.25) is 10.1 Å². The van der Waals surface area contributed by atoms with Crippen LogP contribution in [0.5, 0.6) is 0 Å². The molecule has 9 heteroatoms. The average Bonchev–Trinajstić information content (AvgIpc) is 2.01. The quantitative estimate of drug-likeness (QED) is 0.285. The molecule has 0 N–H and O–H groups in total. The molecule has 0 spiro atoms. The smallest absolute Gasteiger partial charge is 0.445 e. The van der Waals surface area contributed by atoms with Crippen LogP contribution in [0.25, 0.3) is 0 Å². The Balaban J connectivity index is 0.00000196. The minimum absolute atomic E-state index is 0. The Morgan fingerprint density at radius 1 is 1.27 bits per heavy atom. The summed E-state index contributed by atoms with van der Waals surface area (Å²) in [5.41, 5.74) is -2.15. The predicted octanol–water partition coefficient (Wildman–Crippen LogP) is -1.21. The topological polar surface area (TPSA) is 43.1 Å². The molecule has 1 aromatic rings. The summed E-state index contributed by atoms with van der Waals surface area (Å²) in [4.78, 5) is 8.99. The van der Waals surface area contributed by atoms with Crippen molar-refractivity contribution in [3.05, 3.63) is 34.1 Å². The van der Waals surface area contributed by atoms with Gasteiger partial charge in [0.1, 0.15) is 0 Å². The van der Waals surface area contributed by atoms with Crippen LogP contribution in [0.3, 0.4) is 0 Å². The number of nitrogens with zero attached hydrogens (tertiary/aromatic N) is 1. The minimum Gasteiger partial charge on any atom is -0.445 e. The molecular weight excluding hydrogens is 244 g/mol. The summed E-state index contributed by atoms with van der Waals surface area (Å²) < 4.78 is 48.8. The fourth-order valence-electron chi connectivity index (χ4n) is 0.875. The number of nitro benzene ring substituents is 1. The maximum atomic E-state index is 12.7. The van der Waals surface area contributed by atoms with Gasteiger partial charge in [0.05, 0.1) is 4.92 Å². The molecule has 3 nitrogen and oxygen atoms in total. The Labute approximate surface area is 124 Å². The molecule has 0 radical (unpaired) electrons. The number of hydrogen-bond acceptors (Lipinski definition) is 2. The molecule has 1 rings (SSSR count). The maximum absolute atomic E-state index is 12.7. The van der Waals surface area contributed by atoms with E-state index in [1.54, 1.807) is 0 Å². The molecule has 0 saturated heterocycles. The van der Waals surface area contributed by atoms with E-state index in [0.717, 1.165) is 0 Å². The standard InChI is InChI=1S/C6H3BF4NO2.K/c8-5-3-4(7(9,10)11)1-2-6(5)12(13)14;/h1-3H;/q-1;+1. The normalized spacial score (nSPS) is 10.7. The molecule has 0 aromatic heterocycles. The second kappa shape index (κ2) is 5.39. The Kier molecular flexibility index (Phi) is 5.41.